The van der Waals surface area contributed by atoms with Crippen LogP contribution in [0.5, 0.6) is 5.75 Å². The molecule has 1 N–H and O–H groups in total. The molecule has 0 spiro atoms. The molecule has 31 heavy (non-hydrogen) atoms. The van der Waals surface area contributed by atoms with Crippen LogP contribution in [0.1, 0.15) is 16.7 Å². The summed E-state index contributed by atoms with van der Waals surface area (Å²) in [4.78, 5) is 2.61. The van der Waals surface area contributed by atoms with Gasteiger partial charge in [-0.3, -0.25) is 9.62 Å². The number of anilines is 1. The van der Waals surface area contributed by atoms with Crippen molar-refractivity contribution in [2.75, 3.05) is 24.9 Å². The van der Waals surface area contributed by atoms with E-state index in [1.165, 1.54) is 29.8 Å². The maximum absolute atomic E-state index is 13.1. The average Bonchev–Trinajstić information content (AvgIpc) is 2.79. The zero-order chi connectivity index (χ0) is 21.8. The molecule has 3 aromatic rings. The molecule has 1 aliphatic rings. The third kappa shape index (κ3) is 5.24. The summed E-state index contributed by atoms with van der Waals surface area (Å²) in [6, 6.07) is 18.7. The van der Waals surface area contributed by atoms with Crippen LogP contribution in [-0.2, 0) is 29.4 Å². The smallest absolute Gasteiger partial charge is 0.261 e. The number of sulfonamides is 1. The zero-order valence-electron chi connectivity index (χ0n) is 17.3. The molecule has 0 fully saturated rings. The fourth-order valence-corrected chi connectivity index (χ4v) is 4.87. The topological polar surface area (TPSA) is 58.6 Å². The summed E-state index contributed by atoms with van der Waals surface area (Å²) in [7, 11) is -2.06. The normalized spacial score (nSPS) is 14.1. The Balaban J connectivity index is 1.40. The van der Waals surface area contributed by atoms with E-state index in [1.54, 1.807) is 19.2 Å². The zero-order valence-corrected chi connectivity index (χ0v) is 18.2. The van der Waals surface area contributed by atoms with Gasteiger partial charge in [0.2, 0.25) is 0 Å². The molecule has 1 aliphatic heterocycles. The summed E-state index contributed by atoms with van der Waals surface area (Å²) in [6.45, 7) is 2.63. The molecule has 162 valence electrons. The Kier molecular flexibility index (Phi) is 6.25. The summed E-state index contributed by atoms with van der Waals surface area (Å²) < 4.78 is 46.2. The monoisotopic (exact) mass is 440 g/mol. The number of hydrogen-bond acceptors (Lipinski definition) is 4. The van der Waals surface area contributed by atoms with E-state index < -0.39 is 15.8 Å². The van der Waals surface area contributed by atoms with Crippen LogP contribution in [0, 0.1) is 5.82 Å². The Bertz CT molecular complexity index is 1150. The van der Waals surface area contributed by atoms with Gasteiger partial charge in [-0.2, -0.15) is 0 Å². The highest BCUT2D eigenvalue weighted by molar-refractivity contribution is 7.92. The van der Waals surface area contributed by atoms with Crippen molar-refractivity contribution < 1.29 is 17.5 Å². The van der Waals surface area contributed by atoms with E-state index in [1.807, 2.05) is 18.2 Å². The number of ether oxygens (including phenoxy) is 1. The van der Waals surface area contributed by atoms with Gasteiger partial charge in [-0.25, -0.2) is 12.8 Å². The minimum atomic E-state index is -3.72. The third-order valence-corrected chi connectivity index (χ3v) is 6.93. The van der Waals surface area contributed by atoms with Crippen molar-refractivity contribution in [1.82, 2.24) is 4.90 Å². The van der Waals surface area contributed by atoms with Gasteiger partial charge < -0.3 is 4.74 Å². The van der Waals surface area contributed by atoms with Crippen LogP contribution in [0.25, 0.3) is 0 Å². The Morgan fingerprint density at radius 2 is 1.74 bits per heavy atom. The maximum Gasteiger partial charge on any atom is 0.261 e. The predicted molar refractivity (Wildman–Crippen MR) is 119 cm³/mol. The highest BCUT2D eigenvalue weighted by Crippen LogP contribution is 2.24. The van der Waals surface area contributed by atoms with Crippen LogP contribution in [0.2, 0.25) is 0 Å². The fourth-order valence-electron chi connectivity index (χ4n) is 3.76. The van der Waals surface area contributed by atoms with Gasteiger partial charge >= 0.3 is 0 Å². The van der Waals surface area contributed by atoms with Gasteiger partial charge in [-0.15, -0.1) is 0 Å². The highest BCUT2D eigenvalue weighted by Gasteiger charge is 2.20. The lowest BCUT2D eigenvalue weighted by Gasteiger charge is -2.29. The number of nitrogens with zero attached hydrogens (tertiary/aromatic N) is 1. The summed E-state index contributed by atoms with van der Waals surface area (Å²) in [5, 5.41) is 0. The molecule has 0 radical (unpaired) electrons. The van der Waals surface area contributed by atoms with E-state index in [-0.39, 0.29) is 4.90 Å². The first-order valence-corrected chi connectivity index (χ1v) is 11.7. The summed E-state index contributed by atoms with van der Waals surface area (Å²) in [6.07, 6.45) is 1.76. The molecule has 4 rings (SSSR count). The highest BCUT2D eigenvalue weighted by atomic mass is 32.2. The molecule has 7 heteroatoms. The van der Waals surface area contributed by atoms with Gasteiger partial charge in [-0.05, 0) is 78.1 Å². The lowest BCUT2D eigenvalue weighted by Crippen LogP contribution is -2.32. The van der Waals surface area contributed by atoms with Crippen molar-refractivity contribution in [2.45, 2.75) is 24.3 Å². The van der Waals surface area contributed by atoms with Crippen LogP contribution in [-0.4, -0.2) is 33.5 Å². The quantitative estimate of drug-likeness (QED) is 0.597. The van der Waals surface area contributed by atoms with Crippen LogP contribution < -0.4 is 9.46 Å². The van der Waals surface area contributed by atoms with Crippen LogP contribution in [0.3, 0.4) is 0 Å². The molecule has 0 aliphatic carbocycles. The van der Waals surface area contributed by atoms with E-state index in [2.05, 4.69) is 21.8 Å². The van der Waals surface area contributed by atoms with Crippen molar-refractivity contribution in [3.05, 3.63) is 89.2 Å². The summed E-state index contributed by atoms with van der Waals surface area (Å²) in [5.41, 5.74) is 3.81. The lowest BCUT2D eigenvalue weighted by molar-refractivity contribution is 0.257. The van der Waals surface area contributed by atoms with Crippen molar-refractivity contribution >= 4 is 15.7 Å². The number of methoxy groups -OCH3 is 1. The first-order chi connectivity index (χ1) is 14.9. The Morgan fingerprint density at radius 1 is 1.00 bits per heavy atom. The molecular weight excluding hydrogens is 415 g/mol. The molecular formula is C24H25FN2O3S. The Labute approximate surface area is 182 Å². The van der Waals surface area contributed by atoms with E-state index in [4.69, 9.17) is 4.74 Å². The second-order valence-electron chi connectivity index (χ2n) is 7.67. The SMILES string of the molecule is COc1ccc(CCN2CCc3cc(S(=O)(=O)Nc4ccc(F)cc4)ccc3C2)cc1. The molecule has 0 aromatic heterocycles. The molecule has 5 nitrogen and oxygen atoms in total. The van der Waals surface area contributed by atoms with Crippen molar-refractivity contribution in [2.24, 2.45) is 0 Å². The molecule has 0 atom stereocenters. The number of benzene rings is 3. The fraction of sp³-hybridized carbons (Fsp3) is 0.250. The predicted octanol–water partition coefficient (Wildman–Crippen LogP) is 4.24. The number of fused-ring (bicyclic) bond motifs is 1. The molecule has 1 heterocycles. The molecule has 0 saturated heterocycles. The summed E-state index contributed by atoms with van der Waals surface area (Å²) >= 11 is 0. The van der Waals surface area contributed by atoms with Gasteiger partial charge in [0.15, 0.2) is 0 Å². The second-order valence-corrected chi connectivity index (χ2v) is 9.35. The van der Waals surface area contributed by atoms with Crippen molar-refractivity contribution in [3.63, 3.8) is 0 Å². The molecule has 0 bridgehead atoms. The van der Waals surface area contributed by atoms with Gasteiger partial charge in [0.1, 0.15) is 11.6 Å². The first-order valence-electron chi connectivity index (χ1n) is 10.2. The number of halogens is 1. The molecule has 0 saturated carbocycles. The molecule has 0 unspecified atom stereocenters. The maximum atomic E-state index is 13.1. The molecule has 0 amide bonds. The first kappa shape index (κ1) is 21.3. The van der Waals surface area contributed by atoms with Gasteiger partial charge in [0.05, 0.1) is 12.0 Å². The standard InChI is InChI=1S/C24H25FN2O3S/c1-30-23-9-2-18(3-10-23)12-14-27-15-13-19-16-24(11-4-20(19)17-27)31(28,29)26-22-7-5-21(25)6-8-22/h2-11,16,26H,12-15,17H2,1H3. The van der Waals surface area contributed by atoms with Crippen LogP contribution in [0.4, 0.5) is 10.1 Å². The third-order valence-electron chi connectivity index (χ3n) is 5.55. The van der Waals surface area contributed by atoms with Crippen LogP contribution in [0.15, 0.2) is 71.6 Å². The second kappa shape index (κ2) is 9.08. The average molecular weight is 441 g/mol. The van der Waals surface area contributed by atoms with Crippen molar-refractivity contribution in [3.8, 4) is 5.75 Å². The van der Waals surface area contributed by atoms with E-state index in [0.717, 1.165) is 49.4 Å². The minimum Gasteiger partial charge on any atom is -0.497 e. The van der Waals surface area contributed by atoms with Gasteiger partial charge in [0, 0.05) is 25.3 Å². The molecule has 3 aromatic carbocycles. The van der Waals surface area contributed by atoms with Gasteiger partial charge in [0.25, 0.3) is 10.0 Å². The number of nitrogens with one attached hydrogen (secondary N) is 1. The van der Waals surface area contributed by atoms with E-state index in [9.17, 15) is 12.8 Å². The largest absolute Gasteiger partial charge is 0.497 e. The number of rotatable bonds is 7. The van der Waals surface area contributed by atoms with E-state index >= 15 is 0 Å². The van der Waals surface area contributed by atoms with E-state index in [0.29, 0.717) is 5.69 Å². The van der Waals surface area contributed by atoms with Crippen LogP contribution >= 0.6 is 0 Å². The Hall–Kier alpha value is -2.90. The van der Waals surface area contributed by atoms with Crippen molar-refractivity contribution in [1.29, 1.82) is 0 Å². The minimum absolute atomic E-state index is 0.224. The Morgan fingerprint density at radius 3 is 2.45 bits per heavy atom. The lowest BCUT2D eigenvalue weighted by atomic mass is 9.99. The number of hydrogen-bond donors (Lipinski definition) is 1. The van der Waals surface area contributed by atoms with Gasteiger partial charge in [-0.1, -0.05) is 18.2 Å². The summed E-state index contributed by atoms with van der Waals surface area (Å²) in [5.74, 6) is 0.448.